The van der Waals surface area contributed by atoms with Gasteiger partial charge in [-0.2, -0.15) is 0 Å². The highest BCUT2D eigenvalue weighted by molar-refractivity contribution is 8.13. The van der Waals surface area contributed by atoms with Crippen molar-refractivity contribution in [2.45, 2.75) is 46.5 Å². The third-order valence-electron chi connectivity index (χ3n) is 3.79. The largest absolute Gasteiger partial charge is 0.355 e. The molecular formula is C16H30N2O2S. The molecule has 0 saturated carbocycles. The fraction of sp³-hybridized carbons (Fsp3) is 0.875. The van der Waals surface area contributed by atoms with Crippen molar-refractivity contribution in [3.63, 3.8) is 0 Å². The first kappa shape index (κ1) is 18.5. The van der Waals surface area contributed by atoms with E-state index in [1.54, 1.807) is 6.92 Å². The summed E-state index contributed by atoms with van der Waals surface area (Å²) in [7, 11) is 0. The van der Waals surface area contributed by atoms with E-state index < -0.39 is 0 Å². The van der Waals surface area contributed by atoms with Gasteiger partial charge < -0.3 is 10.2 Å². The van der Waals surface area contributed by atoms with E-state index in [1.165, 1.54) is 31.0 Å². The molecule has 1 saturated heterocycles. The van der Waals surface area contributed by atoms with Crippen molar-refractivity contribution in [2.75, 3.05) is 31.9 Å². The van der Waals surface area contributed by atoms with Gasteiger partial charge >= 0.3 is 0 Å². The topological polar surface area (TPSA) is 49.4 Å². The van der Waals surface area contributed by atoms with Gasteiger partial charge in [-0.15, -0.1) is 0 Å². The number of rotatable bonds is 8. The summed E-state index contributed by atoms with van der Waals surface area (Å²) in [6.07, 6.45) is 4.73. The number of piperidine rings is 1. The van der Waals surface area contributed by atoms with Crippen LogP contribution in [0.3, 0.4) is 0 Å². The second-order valence-electron chi connectivity index (χ2n) is 6.32. The van der Waals surface area contributed by atoms with E-state index in [4.69, 9.17) is 0 Å². The molecule has 1 unspecified atom stereocenters. The molecule has 21 heavy (non-hydrogen) atoms. The van der Waals surface area contributed by atoms with Crippen LogP contribution in [0.15, 0.2) is 0 Å². The minimum atomic E-state index is -0.0553. The summed E-state index contributed by atoms with van der Waals surface area (Å²) in [5.74, 6) is 1.12. The summed E-state index contributed by atoms with van der Waals surface area (Å²) in [5, 5.41) is 3.14. The fourth-order valence-electron chi connectivity index (χ4n) is 2.70. The molecule has 0 aliphatic carbocycles. The molecule has 0 bridgehead atoms. The van der Waals surface area contributed by atoms with Gasteiger partial charge in [0.15, 0.2) is 5.12 Å². The average molecular weight is 314 g/mol. The molecule has 1 amide bonds. The van der Waals surface area contributed by atoms with Crippen LogP contribution in [-0.4, -0.2) is 47.9 Å². The van der Waals surface area contributed by atoms with Crippen molar-refractivity contribution in [2.24, 2.45) is 11.8 Å². The number of carbonyl (C=O) groups excluding carboxylic acids is 2. The normalized spacial score (nSPS) is 17.7. The molecule has 1 atom stereocenters. The molecule has 5 heteroatoms. The zero-order chi connectivity index (χ0) is 15.7. The lowest BCUT2D eigenvalue weighted by Gasteiger charge is -2.26. The molecule has 4 nitrogen and oxygen atoms in total. The number of hydrogen-bond acceptors (Lipinski definition) is 4. The van der Waals surface area contributed by atoms with Crippen LogP contribution >= 0.6 is 11.8 Å². The summed E-state index contributed by atoms with van der Waals surface area (Å²) in [4.78, 5) is 25.8. The number of likely N-dealkylation sites (tertiary alicyclic amines) is 1. The maximum Gasteiger partial charge on any atom is 0.224 e. The number of hydrogen-bond donors (Lipinski definition) is 1. The monoisotopic (exact) mass is 314 g/mol. The average Bonchev–Trinajstić information content (AvgIpc) is 2.44. The second kappa shape index (κ2) is 10.2. The molecule has 1 aliphatic heterocycles. The Kier molecular flexibility index (Phi) is 9.00. The van der Waals surface area contributed by atoms with Gasteiger partial charge in [0, 0.05) is 31.7 Å². The van der Waals surface area contributed by atoms with Crippen molar-refractivity contribution >= 4 is 22.8 Å². The predicted octanol–water partition coefficient (Wildman–Crippen LogP) is 2.53. The summed E-state index contributed by atoms with van der Waals surface area (Å²) in [6, 6.07) is 0. The van der Waals surface area contributed by atoms with Gasteiger partial charge in [0.2, 0.25) is 5.91 Å². The lowest BCUT2D eigenvalue weighted by molar-refractivity contribution is -0.124. The molecule has 1 heterocycles. The van der Waals surface area contributed by atoms with Crippen LogP contribution in [0.5, 0.6) is 0 Å². The lowest BCUT2D eigenvalue weighted by atomic mass is 9.98. The Bertz CT molecular complexity index is 328. The zero-order valence-corrected chi connectivity index (χ0v) is 14.5. The van der Waals surface area contributed by atoms with E-state index in [0.29, 0.717) is 11.7 Å². The van der Waals surface area contributed by atoms with E-state index >= 15 is 0 Å². The summed E-state index contributed by atoms with van der Waals surface area (Å²) < 4.78 is 0. The summed E-state index contributed by atoms with van der Waals surface area (Å²) in [6.45, 7) is 9.78. The van der Waals surface area contributed by atoms with Crippen molar-refractivity contribution in [1.82, 2.24) is 10.2 Å². The second-order valence-corrected chi connectivity index (χ2v) is 7.52. The zero-order valence-electron chi connectivity index (χ0n) is 13.7. The van der Waals surface area contributed by atoms with Crippen molar-refractivity contribution in [1.29, 1.82) is 0 Å². The smallest absolute Gasteiger partial charge is 0.224 e. The quantitative estimate of drug-likeness (QED) is 0.748. The summed E-state index contributed by atoms with van der Waals surface area (Å²) >= 11 is 1.26. The van der Waals surface area contributed by atoms with Crippen molar-refractivity contribution in [3.8, 4) is 0 Å². The van der Waals surface area contributed by atoms with Gasteiger partial charge in [-0.05, 0) is 38.3 Å². The number of carbonyl (C=O) groups is 2. The molecule has 1 aliphatic rings. The Morgan fingerprint density at radius 2 is 1.86 bits per heavy atom. The highest BCUT2D eigenvalue weighted by Gasteiger charge is 2.20. The Hall–Kier alpha value is -0.550. The van der Waals surface area contributed by atoms with Crippen LogP contribution < -0.4 is 5.32 Å². The number of nitrogens with zero attached hydrogens (tertiary/aromatic N) is 1. The molecule has 1 fully saturated rings. The van der Waals surface area contributed by atoms with Gasteiger partial charge in [-0.25, -0.2) is 0 Å². The molecule has 0 aromatic carbocycles. The molecule has 1 rings (SSSR count). The molecule has 0 radical (unpaired) electrons. The van der Waals surface area contributed by atoms with Crippen LogP contribution in [-0.2, 0) is 9.59 Å². The molecule has 122 valence electrons. The van der Waals surface area contributed by atoms with E-state index in [-0.39, 0.29) is 16.9 Å². The van der Waals surface area contributed by atoms with Crippen LogP contribution in [0.4, 0.5) is 0 Å². The van der Waals surface area contributed by atoms with E-state index in [9.17, 15) is 9.59 Å². The van der Waals surface area contributed by atoms with Crippen LogP contribution in [0.25, 0.3) is 0 Å². The Balaban J connectivity index is 2.30. The SMILES string of the molecule is CC(=O)SCC(CC(C)C)C(=O)NCCN1CCCCC1. The number of nitrogens with one attached hydrogen (secondary N) is 1. The minimum Gasteiger partial charge on any atom is -0.355 e. The predicted molar refractivity (Wildman–Crippen MR) is 89.4 cm³/mol. The van der Waals surface area contributed by atoms with Crippen LogP contribution in [0, 0.1) is 11.8 Å². The highest BCUT2D eigenvalue weighted by atomic mass is 32.2. The lowest BCUT2D eigenvalue weighted by Crippen LogP contribution is -2.40. The van der Waals surface area contributed by atoms with Crippen LogP contribution in [0.2, 0.25) is 0 Å². The van der Waals surface area contributed by atoms with Crippen molar-refractivity contribution < 1.29 is 9.59 Å². The molecule has 0 aromatic heterocycles. The molecule has 0 spiro atoms. The Morgan fingerprint density at radius 1 is 1.19 bits per heavy atom. The Morgan fingerprint density at radius 3 is 2.43 bits per heavy atom. The standard InChI is InChI=1S/C16H30N2O2S/c1-13(2)11-15(12-21-14(3)19)16(20)17-7-10-18-8-5-4-6-9-18/h13,15H,4-12H2,1-3H3,(H,17,20). The first-order chi connectivity index (χ1) is 9.99. The maximum atomic E-state index is 12.3. The van der Waals surface area contributed by atoms with Crippen molar-refractivity contribution in [3.05, 3.63) is 0 Å². The molecular weight excluding hydrogens is 284 g/mol. The maximum absolute atomic E-state index is 12.3. The third kappa shape index (κ3) is 8.47. The first-order valence-electron chi connectivity index (χ1n) is 8.12. The molecule has 0 aromatic rings. The van der Waals surface area contributed by atoms with Gasteiger partial charge in [-0.1, -0.05) is 32.0 Å². The first-order valence-corrected chi connectivity index (χ1v) is 9.11. The van der Waals surface area contributed by atoms with Gasteiger partial charge in [0.05, 0.1) is 0 Å². The van der Waals surface area contributed by atoms with Gasteiger partial charge in [0.1, 0.15) is 0 Å². The Labute approximate surface area is 133 Å². The van der Waals surface area contributed by atoms with Gasteiger partial charge in [-0.3, -0.25) is 9.59 Å². The number of amides is 1. The summed E-state index contributed by atoms with van der Waals surface area (Å²) in [5.41, 5.74) is 0. The molecule has 1 N–H and O–H groups in total. The van der Waals surface area contributed by atoms with Gasteiger partial charge in [0.25, 0.3) is 0 Å². The number of thioether (sulfide) groups is 1. The highest BCUT2D eigenvalue weighted by Crippen LogP contribution is 2.18. The van der Waals surface area contributed by atoms with E-state index in [1.807, 2.05) is 0 Å². The van der Waals surface area contributed by atoms with Crippen LogP contribution in [0.1, 0.15) is 46.5 Å². The van der Waals surface area contributed by atoms with E-state index in [0.717, 1.165) is 32.6 Å². The third-order valence-corrected chi connectivity index (χ3v) is 4.77. The fourth-order valence-corrected chi connectivity index (χ4v) is 3.43. The van der Waals surface area contributed by atoms with E-state index in [2.05, 4.69) is 24.1 Å². The minimum absolute atomic E-state index is 0.0553.